The van der Waals surface area contributed by atoms with Crippen LogP contribution in [0.25, 0.3) is 5.52 Å². The number of hydrogen-bond acceptors (Lipinski definition) is 5. The van der Waals surface area contributed by atoms with Gasteiger partial charge in [0.25, 0.3) is 5.91 Å². The number of aromatic nitrogens is 4. The Morgan fingerprint density at radius 2 is 1.90 bits per heavy atom. The van der Waals surface area contributed by atoms with E-state index in [9.17, 15) is 4.79 Å². The maximum atomic E-state index is 13.0. The number of nitrogens with zero attached hydrogens (tertiary/aromatic N) is 5. The zero-order chi connectivity index (χ0) is 21.2. The summed E-state index contributed by atoms with van der Waals surface area (Å²) in [5.41, 5.74) is 2.18. The van der Waals surface area contributed by atoms with Crippen molar-refractivity contribution in [1.29, 1.82) is 0 Å². The van der Waals surface area contributed by atoms with Crippen LogP contribution in [0.4, 0.5) is 5.95 Å². The number of nitrogens with one attached hydrogen (secondary N) is 1. The number of carbonyl (C=O) groups is 1. The highest BCUT2D eigenvalue weighted by molar-refractivity contribution is 6.30. The van der Waals surface area contributed by atoms with Gasteiger partial charge in [0.05, 0.1) is 11.6 Å². The molecule has 4 aromatic rings. The Labute approximate surface area is 184 Å². The van der Waals surface area contributed by atoms with Crippen LogP contribution in [0.1, 0.15) is 40.8 Å². The fraction of sp³-hybridized carbons (Fsp3) is 0.217. The molecule has 1 atom stereocenters. The van der Waals surface area contributed by atoms with Crippen LogP contribution in [0.2, 0.25) is 5.02 Å². The third kappa shape index (κ3) is 3.84. The molecule has 0 bridgehead atoms. The van der Waals surface area contributed by atoms with E-state index in [1.807, 2.05) is 59.1 Å². The Morgan fingerprint density at radius 3 is 2.71 bits per heavy atom. The second kappa shape index (κ2) is 8.35. The van der Waals surface area contributed by atoms with Crippen LogP contribution in [0.5, 0.6) is 0 Å². The van der Waals surface area contributed by atoms with Gasteiger partial charge in [0.2, 0.25) is 5.95 Å². The number of fused-ring (bicyclic) bond motifs is 1. The van der Waals surface area contributed by atoms with E-state index in [1.54, 1.807) is 12.4 Å². The fourth-order valence-electron chi connectivity index (χ4n) is 4.05. The first-order valence-electron chi connectivity index (χ1n) is 10.2. The molecular weight excluding hydrogens is 412 g/mol. The topological polar surface area (TPSA) is 75.4 Å². The SMILES string of the molecule is O=C(NCc1ccc(Cl)cc1)c1nc([C@@H]2CCCN2c2ncccn2)n2ccccc12. The van der Waals surface area contributed by atoms with E-state index < -0.39 is 0 Å². The molecule has 0 radical (unpaired) electrons. The number of halogens is 1. The number of imidazole rings is 1. The van der Waals surface area contributed by atoms with Crippen LogP contribution in [-0.2, 0) is 6.54 Å². The van der Waals surface area contributed by atoms with E-state index in [-0.39, 0.29) is 11.9 Å². The second-order valence-electron chi connectivity index (χ2n) is 7.48. The first-order valence-corrected chi connectivity index (χ1v) is 10.6. The average Bonchev–Trinajstić information content (AvgIpc) is 3.44. The molecule has 0 saturated carbocycles. The van der Waals surface area contributed by atoms with Crippen molar-refractivity contribution in [3.63, 3.8) is 0 Å². The highest BCUT2D eigenvalue weighted by atomic mass is 35.5. The van der Waals surface area contributed by atoms with E-state index >= 15 is 0 Å². The lowest BCUT2D eigenvalue weighted by Gasteiger charge is -2.23. The molecule has 31 heavy (non-hydrogen) atoms. The highest BCUT2D eigenvalue weighted by Gasteiger charge is 2.32. The molecule has 0 aliphatic carbocycles. The largest absolute Gasteiger partial charge is 0.347 e. The van der Waals surface area contributed by atoms with Gasteiger partial charge in [-0.1, -0.05) is 29.8 Å². The summed E-state index contributed by atoms with van der Waals surface area (Å²) in [7, 11) is 0. The van der Waals surface area contributed by atoms with Crippen LogP contribution in [-0.4, -0.2) is 31.8 Å². The Kier molecular flexibility index (Phi) is 5.26. The fourth-order valence-corrected chi connectivity index (χ4v) is 4.17. The van der Waals surface area contributed by atoms with Gasteiger partial charge in [0, 0.05) is 36.7 Å². The summed E-state index contributed by atoms with van der Waals surface area (Å²) in [6, 6.07) is 15.0. The smallest absolute Gasteiger partial charge is 0.272 e. The molecular formula is C23H21ClN6O. The lowest BCUT2D eigenvalue weighted by Crippen LogP contribution is -2.26. The van der Waals surface area contributed by atoms with Crippen LogP contribution in [0.15, 0.2) is 67.1 Å². The van der Waals surface area contributed by atoms with Crippen molar-refractivity contribution in [3.05, 3.63) is 89.2 Å². The second-order valence-corrected chi connectivity index (χ2v) is 7.92. The molecule has 0 unspecified atom stereocenters. The van der Waals surface area contributed by atoms with Gasteiger partial charge in [-0.3, -0.25) is 4.79 Å². The monoisotopic (exact) mass is 432 g/mol. The van der Waals surface area contributed by atoms with Crippen molar-refractivity contribution in [2.45, 2.75) is 25.4 Å². The summed E-state index contributed by atoms with van der Waals surface area (Å²) in [6.07, 6.45) is 7.39. The number of carbonyl (C=O) groups excluding carboxylic acids is 1. The molecule has 1 fully saturated rings. The first kappa shape index (κ1) is 19.5. The Morgan fingerprint density at radius 1 is 1.10 bits per heavy atom. The van der Waals surface area contributed by atoms with E-state index in [1.165, 1.54) is 0 Å². The van der Waals surface area contributed by atoms with Crippen LogP contribution in [0, 0.1) is 0 Å². The molecule has 5 rings (SSSR count). The van der Waals surface area contributed by atoms with Gasteiger partial charge in [-0.2, -0.15) is 0 Å². The van der Waals surface area contributed by atoms with Crippen molar-refractivity contribution >= 4 is 29.0 Å². The quantitative estimate of drug-likeness (QED) is 0.515. The number of anilines is 1. The standard InChI is InChI=1S/C23H21ClN6O/c24-17-9-7-16(8-10-17)15-27-22(31)20-18-5-1-2-13-29(18)21(28-20)19-6-3-14-30(19)23-25-11-4-12-26-23/h1-2,4-5,7-13,19H,3,6,14-15H2,(H,27,31)/t19-/m0/s1. The molecule has 8 heteroatoms. The predicted octanol–water partition coefficient (Wildman–Crippen LogP) is 4.05. The van der Waals surface area contributed by atoms with Gasteiger partial charge in [-0.05, 0) is 48.7 Å². The summed E-state index contributed by atoms with van der Waals surface area (Å²) in [4.78, 5) is 28.8. The summed E-state index contributed by atoms with van der Waals surface area (Å²) in [6.45, 7) is 1.26. The molecule has 1 aromatic carbocycles. The minimum atomic E-state index is -0.203. The van der Waals surface area contributed by atoms with Crippen LogP contribution < -0.4 is 10.2 Å². The van der Waals surface area contributed by atoms with Gasteiger partial charge in [0.1, 0.15) is 5.82 Å². The number of amides is 1. The van der Waals surface area contributed by atoms with Crippen molar-refractivity contribution in [1.82, 2.24) is 24.7 Å². The van der Waals surface area contributed by atoms with Gasteiger partial charge >= 0.3 is 0 Å². The lowest BCUT2D eigenvalue weighted by molar-refractivity contribution is 0.0948. The maximum Gasteiger partial charge on any atom is 0.272 e. The predicted molar refractivity (Wildman–Crippen MR) is 119 cm³/mol. The number of pyridine rings is 1. The van der Waals surface area contributed by atoms with Gasteiger partial charge in [0.15, 0.2) is 5.69 Å². The van der Waals surface area contributed by atoms with Crippen molar-refractivity contribution in [2.75, 3.05) is 11.4 Å². The summed E-state index contributed by atoms with van der Waals surface area (Å²) in [5.74, 6) is 1.31. The average molecular weight is 433 g/mol. The van der Waals surface area contributed by atoms with Crippen molar-refractivity contribution < 1.29 is 4.79 Å². The summed E-state index contributed by atoms with van der Waals surface area (Å²) >= 11 is 5.94. The molecule has 0 spiro atoms. The van der Waals surface area contributed by atoms with Crippen LogP contribution >= 0.6 is 11.6 Å². The maximum absolute atomic E-state index is 13.0. The Hall–Kier alpha value is -3.45. The van der Waals surface area contributed by atoms with Crippen LogP contribution in [0.3, 0.4) is 0 Å². The Bertz CT molecular complexity index is 1210. The van der Waals surface area contributed by atoms with E-state index in [0.717, 1.165) is 36.3 Å². The minimum absolute atomic E-state index is 0.00937. The van der Waals surface area contributed by atoms with Gasteiger partial charge in [-0.15, -0.1) is 0 Å². The first-order chi connectivity index (χ1) is 15.2. The number of benzene rings is 1. The van der Waals surface area contributed by atoms with Gasteiger partial charge < -0.3 is 14.6 Å². The molecule has 4 heterocycles. The molecule has 1 aliphatic rings. The summed E-state index contributed by atoms with van der Waals surface area (Å²) in [5, 5.41) is 3.65. The third-order valence-corrected chi connectivity index (χ3v) is 5.77. The van der Waals surface area contributed by atoms with Crippen molar-refractivity contribution in [2.24, 2.45) is 0 Å². The van der Waals surface area contributed by atoms with E-state index in [2.05, 4.69) is 20.2 Å². The number of rotatable bonds is 5. The highest BCUT2D eigenvalue weighted by Crippen LogP contribution is 2.34. The summed E-state index contributed by atoms with van der Waals surface area (Å²) < 4.78 is 2.00. The zero-order valence-electron chi connectivity index (χ0n) is 16.8. The number of hydrogen-bond donors (Lipinski definition) is 1. The molecule has 156 valence electrons. The molecule has 3 aromatic heterocycles. The molecule has 1 amide bonds. The molecule has 1 aliphatic heterocycles. The molecule has 1 saturated heterocycles. The Balaban J connectivity index is 1.45. The molecule has 7 nitrogen and oxygen atoms in total. The van der Waals surface area contributed by atoms with E-state index in [0.29, 0.717) is 23.2 Å². The van der Waals surface area contributed by atoms with Gasteiger partial charge in [-0.25, -0.2) is 15.0 Å². The lowest BCUT2D eigenvalue weighted by atomic mass is 10.2. The third-order valence-electron chi connectivity index (χ3n) is 5.52. The van der Waals surface area contributed by atoms with E-state index in [4.69, 9.17) is 16.6 Å². The zero-order valence-corrected chi connectivity index (χ0v) is 17.5. The minimum Gasteiger partial charge on any atom is -0.347 e. The molecule has 1 N–H and O–H groups in total. The normalized spacial score (nSPS) is 16.0. The van der Waals surface area contributed by atoms with Crippen molar-refractivity contribution in [3.8, 4) is 0 Å².